The van der Waals surface area contributed by atoms with Gasteiger partial charge in [0.2, 0.25) is 11.8 Å². The molecule has 1 aromatic heterocycles. The number of aromatic nitrogens is 1. The average molecular weight is 450 g/mol. The molecule has 5 N–H and O–H groups in total. The summed E-state index contributed by atoms with van der Waals surface area (Å²) in [4.78, 5) is 31.4. The topological polar surface area (TPSA) is 121 Å². The Labute approximate surface area is 185 Å². The van der Waals surface area contributed by atoms with Crippen LogP contribution in [0.3, 0.4) is 0 Å². The summed E-state index contributed by atoms with van der Waals surface area (Å²) in [6.45, 7) is 4.47. The molecule has 0 fully saturated rings. The summed E-state index contributed by atoms with van der Waals surface area (Å²) in [6.07, 6.45) is 1.45. The molecule has 2 atom stereocenters. The summed E-state index contributed by atoms with van der Waals surface area (Å²) in [6, 6.07) is 4.69. The zero-order valence-electron chi connectivity index (χ0n) is 18.1. The van der Waals surface area contributed by atoms with E-state index in [1.807, 2.05) is 13.8 Å². The van der Waals surface area contributed by atoms with Gasteiger partial charge in [-0.2, -0.15) is 0 Å². The number of amides is 2. The largest absolute Gasteiger partial charge is 0.394 e. The van der Waals surface area contributed by atoms with Gasteiger partial charge in [-0.1, -0.05) is 26.0 Å². The van der Waals surface area contributed by atoms with E-state index >= 15 is 0 Å². The molecule has 2 aromatic rings. The third-order valence-electron chi connectivity index (χ3n) is 5.10. The summed E-state index contributed by atoms with van der Waals surface area (Å²) in [7, 11) is 0. The quantitative estimate of drug-likeness (QED) is 0.406. The Morgan fingerprint density at radius 2 is 1.78 bits per heavy atom. The minimum absolute atomic E-state index is 0.0643. The number of rotatable bonds is 11. The monoisotopic (exact) mass is 449 g/mol. The second-order valence-electron chi connectivity index (χ2n) is 7.24. The fourth-order valence-corrected chi connectivity index (χ4v) is 3.26. The minimum Gasteiger partial charge on any atom is -0.394 e. The van der Waals surface area contributed by atoms with E-state index in [0.717, 1.165) is 12.1 Å². The van der Waals surface area contributed by atoms with Crippen LogP contribution >= 0.6 is 0 Å². The van der Waals surface area contributed by atoms with Gasteiger partial charge in [-0.05, 0) is 42.4 Å². The number of nitrogens with one attached hydrogen (secondary N) is 2. The molecular weight excluding hydrogens is 420 g/mol. The van der Waals surface area contributed by atoms with Crippen LogP contribution in [0.2, 0.25) is 0 Å². The Morgan fingerprint density at radius 3 is 2.34 bits per heavy atom. The maximum atomic E-state index is 13.7. The van der Waals surface area contributed by atoms with Gasteiger partial charge in [0.15, 0.2) is 11.6 Å². The van der Waals surface area contributed by atoms with Crippen LogP contribution in [0.25, 0.3) is 0 Å². The van der Waals surface area contributed by atoms with Crippen molar-refractivity contribution in [1.29, 1.82) is 0 Å². The van der Waals surface area contributed by atoms with Crippen molar-refractivity contribution in [3.8, 4) is 0 Å². The molecule has 0 saturated carbocycles. The Balaban J connectivity index is 2.18. The molecule has 8 nitrogen and oxygen atoms in total. The minimum atomic E-state index is -1.07. The average Bonchev–Trinajstić information content (AvgIpc) is 2.78. The molecular formula is C22H29F2N5O3. The van der Waals surface area contributed by atoms with Crippen molar-refractivity contribution >= 4 is 17.6 Å². The first kappa shape index (κ1) is 25.2. The summed E-state index contributed by atoms with van der Waals surface area (Å²) >= 11 is 0. The van der Waals surface area contributed by atoms with E-state index in [4.69, 9.17) is 5.73 Å². The first-order chi connectivity index (χ1) is 15.3. The zero-order valence-corrected chi connectivity index (χ0v) is 18.1. The molecule has 0 aliphatic carbocycles. The number of halogens is 2. The van der Waals surface area contributed by atoms with Crippen molar-refractivity contribution in [2.75, 3.05) is 25.4 Å². The van der Waals surface area contributed by atoms with Crippen LogP contribution in [0.15, 0.2) is 36.5 Å². The number of carbonyl (C=O) groups is 2. The highest BCUT2D eigenvalue weighted by Crippen LogP contribution is 2.12. The molecule has 1 heterocycles. The van der Waals surface area contributed by atoms with Crippen molar-refractivity contribution in [3.63, 3.8) is 0 Å². The number of aliphatic hydroxyl groups excluding tert-OH is 1. The molecule has 0 spiro atoms. The summed E-state index contributed by atoms with van der Waals surface area (Å²) in [5.41, 5.74) is 6.59. The molecule has 0 aliphatic heterocycles. The third kappa shape index (κ3) is 6.96. The van der Waals surface area contributed by atoms with E-state index in [0.29, 0.717) is 30.0 Å². The number of pyridine rings is 1. The van der Waals surface area contributed by atoms with Crippen LogP contribution in [0.4, 0.5) is 14.6 Å². The number of nitrogens with two attached hydrogens (primary N) is 1. The number of hydrogen-bond acceptors (Lipinski definition) is 6. The van der Waals surface area contributed by atoms with Gasteiger partial charge in [0.25, 0.3) is 0 Å². The van der Waals surface area contributed by atoms with Gasteiger partial charge >= 0.3 is 0 Å². The molecule has 32 heavy (non-hydrogen) atoms. The second kappa shape index (κ2) is 12.1. The number of benzene rings is 1. The van der Waals surface area contributed by atoms with E-state index in [-0.39, 0.29) is 13.0 Å². The maximum absolute atomic E-state index is 13.7. The molecule has 0 saturated heterocycles. The number of anilines is 1. The van der Waals surface area contributed by atoms with Crippen molar-refractivity contribution in [1.82, 2.24) is 20.5 Å². The predicted octanol–water partition coefficient (Wildman–Crippen LogP) is 0.988. The SMILES string of the molecule is CCN(CC)C(CO)C(=O)N[C@@H](Cc1ccc(F)c(F)c1)C(=O)NCc1ccc(N)nc1. The molecule has 0 aliphatic rings. The fraction of sp³-hybridized carbons (Fsp3) is 0.409. The van der Waals surface area contributed by atoms with E-state index in [1.54, 1.807) is 17.0 Å². The Kier molecular flexibility index (Phi) is 9.48. The predicted molar refractivity (Wildman–Crippen MR) is 116 cm³/mol. The number of aliphatic hydroxyl groups is 1. The highest BCUT2D eigenvalue weighted by Gasteiger charge is 2.28. The van der Waals surface area contributed by atoms with Crippen molar-refractivity contribution in [2.45, 2.75) is 38.9 Å². The van der Waals surface area contributed by atoms with Gasteiger partial charge in [0.1, 0.15) is 17.9 Å². The summed E-state index contributed by atoms with van der Waals surface area (Å²) < 4.78 is 26.9. The second-order valence-corrected chi connectivity index (χ2v) is 7.24. The van der Waals surface area contributed by atoms with Gasteiger partial charge in [-0.15, -0.1) is 0 Å². The smallest absolute Gasteiger partial charge is 0.243 e. The molecule has 2 amide bonds. The number of nitrogens with zero attached hydrogens (tertiary/aromatic N) is 2. The van der Waals surface area contributed by atoms with E-state index < -0.39 is 42.1 Å². The first-order valence-electron chi connectivity index (χ1n) is 10.4. The lowest BCUT2D eigenvalue weighted by molar-refractivity contribution is -0.133. The lowest BCUT2D eigenvalue weighted by Gasteiger charge is -2.29. The van der Waals surface area contributed by atoms with Crippen LogP contribution in [0, 0.1) is 11.6 Å². The van der Waals surface area contributed by atoms with E-state index in [1.165, 1.54) is 12.3 Å². The molecule has 10 heteroatoms. The van der Waals surface area contributed by atoms with E-state index in [9.17, 15) is 23.5 Å². The number of hydrogen-bond donors (Lipinski definition) is 4. The standard InChI is InChI=1S/C22H29F2N5O3/c1-3-29(4-2)19(13-30)22(32)28-18(10-14-5-7-16(23)17(24)9-14)21(31)27-12-15-6-8-20(25)26-11-15/h5-9,11,18-19,30H,3-4,10,12-13H2,1-2H3,(H2,25,26)(H,27,31)(H,28,32)/t18-,19?/m0/s1. The summed E-state index contributed by atoms with van der Waals surface area (Å²) in [5, 5.41) is 15.0. The van der Waals surface area contributed by atoms with Gasteiger partial charge in [0, 0.05) is 19.2 Å². The Morgan fingerprint density at radius 1 is 1.09 bits per heavy atom. The molecule has 1 aromatic carbocycles. The van der Waals surface area contributed by atoms with Crippen molar-refractivity contribution < 1.29 is 23.5 Å². The summed E-state index contributed by atoms with van der Waals surface area (Å²) in [5.74, 6) is -2.76. The lowest BCUT2D eigenvalue weighted by Crippen LogP contribution is -2.55. The van der Waals surface area contributed by atoms with Crippen molar-refractivity contribution in [2.24, 2.45) is 0 Å². The first-order valence-corrected chi connectivity index (χ1v) is 10.4. The zero-order chi connectivity index (χ0) is 23.7. The third-order valence-corrected chi connectivity index (χ3v) is 5.10. The van der Waals surface area contributed by atoms with Crippen LogP contribution in [-0.2, 0) is 22.6 Å². The number of nitrogen functional groups attached to an aromatic ring is 1. The van der Waals surface area contributed by atoms with Crippen LogP contribution in [0.1, 0.15) is 25.0 Å². The normalized spacial score (nSPS) is 12.9. The van der Waals surface area contributed by atoms with Crippen LogP contribution in [-0.4, -0.2) is 58.6 Å². The number of likely N-dealkylation sites (N-methyl/N-ethyl adjacent to an activating group) is 1. The highest BCUT2D eigenvalue weighted by molar-refractivity contribution is 5.90. The van der Waals surface area contributed by atoms with Gasteiger partial charge in [-0.25, -0.2) is 13.8 Å². The van der Waals surface area contributed by atoms with Crippen LogP contribution in [0.5, 0.6) is 0 Å². The van der Waals surface area contributed by atoms with Gasteiger partial charge in [-0.3, -0.25) is 14.5 Å². The van der Waals surface area contributed by atoms with Gasteiger partial charge in [0.05, 0.1) is 6.61 Å². The molecule has 2 rings (SSSR count). The molecule has 0 radical (unpaired) electrons. The lowest BCUT2D eigenvalue weighted by atomic mass is 10.0. The van der Waals surface area contributed by atoms with E-state index in [2.05, 4.69) is 15.6 Å². The number of carbonyl (C=O) groups excluding carboxylic acids is 2. The van der Waals surface area contributed by atoms with Crippen molar-refractivity contribution in [3.05, 3.63) is 59.3 Å². The highest BCUT2D eigenvalue weighted by atomic mass is 19.2. The Hall–Kier alpha value is -3.11. The molecule has 1 unspecified atom stereocenters. The maximum Gasteiger partial charge on any atom is 0.243 e. The van der Waals surface area contributed by atoms with Crippen LogP contribution < -0.4 is 16.4 Å². The molecule has 0 bridgehead atoms. The Bertz CT molecular complexity index is 907. The fourth-order valence-electron chi connectivity index (χ4n) is 3.26. The molecule has 174 valence electrons. The van der Waals surface area contributed by atoms with Gasteiger partial charge < -0.3 is 21.5 Å².